The summed E-state index contributed by atoms with van der Waals surface area (Å²) in [5.74, 6) is -0.254. The van der Waals surface area contributed by atoms with E-state index in [1.165, 1.54) is 6.07 Å². The Labute approximate surface area is 117 Å². The molecule has 0 fully saturated rings. The topological polar surface area (TPSA) is 49.6 Å². The molecule has 0 aliphatic carbocycles. The number of aromatic nitrogens is 1. The molecule has 0 amide bonds. The van der Waals surface area contributed by atoms with E-state index in [0.717, 1.165) is 17.0 Å². The maximum absolute atomic E-state index is 13.9. The second-order valence-corrected chi connectivity index (χ2v) is 4.50. The average molecular weight is 275 g/mol. The Hall–Kier alpha value is -2.14. The molecule has 1 aromatic heterocycles. The fraction of sp³-hybridized carbons (Fsp3) is 0.267. The van der Waals surface area contributed by atoms with Crippen LogP contribution in [0.2, 0.25) is 0 Å². The van der Waals surface area contributed by atoms with Crippen LogP contribution in [-0.4, -0.2) is 29.0 Å². The Bertz CT molecular complexity index is 620. The number of hydrogen-bond donors (Lipinski definition) is 2. The number of benzene rings is 1. The zero-order chi connectivity index (χ0) is 14.5. The summed E-state index contributed by atoms with van der Waals surface area (Å²) in [6.45, 7) is 4.29. The Balaban J connectivity index is 2.35. The van der Waals surface area contributed by atoms with E-state index in [1.54, 1.807) is 18.3 Å². The van der Waals surface area contributed by atoms with Crippen molar-refractivity contribution in [3.05, 3.63) is 53.1 Å². The van der Waals surface area contributed by atoms with Crippen LogP contribution in [0.5, 0.6) is 0 Å². The molecule has 1 heterocycles. The van der Waals surface area contributed by atoms with E-state index in [2.05, 4.69) is 10.5 Å². The van der Waals surface area contributed by atoms with Crippen LogP contribution in [0, 0.1) is 19.7 Å². The second-order valence-electron chi connectivity index (χ2n) is 4.50. The fourth-order valence-corrected chi connectivity index (χ4v) is 2.15. The summed E-state index contributed by atoms with van der Waals surface area (Å²) in [6, 6.07) is 8.64. The highest BCUT2D eigenvalue weighted by Gasteiger charge is 2.12. The number of rotatable bonds is 5. The van der Waals surface area contributed by atoms with E-state index in [-0.39, 0.29) is 12.4 Å². The Morgan fingerprint density at radius 1 is 1.35 bits per heavy atom. The first-order valence-electron chi connectivity index (χ1n) is 6.45. The number of hydrogen-bond acceptors (Lipinski definition) is 3. The summed E-state index contributed by atoms with van der Waals surface area (Å²) in [5, 5.41) is 12.7. The number of nitrogens with zero attached hydrogens (tertiary/aromatic N) is 2. The van der Waals surface area contributed by atoms with Gasteiger partial charge in [0.25, 0.3) is 0 Å². The van der Waals surface area contributed by atoms with Crippen LogP contribution in [0.1, 0.15) is 17.0 Å². The molecule has 0 aliphatic rings. The number of aryl methyl sites for hydroxylation is 1. The maximum Gasteiger partial charge on any atom is 0.147 e. The van der Waals surface area contributed by atoms with E-state index in [1.807, 2.05) is 30.5 Å². The largest absolute Gasteiger partial charge is 0.394 e. The van der Waals surface area contributed by atoms with Crippen molar-refractivity contribution >= 4 is 6.21 Å². The molecule has 20 heavy (non-hydrogen) atoms. The van der Waals surface area contributed by atoms with Crippen molar-refractivity contribution in [3.8, 4) is 5.69 Å². The minimum Gasteiger partial charge on any atom is -0.394 e. The zero-order valence-electron chi connectivity index (χ0n) is 11.6. The first-order chi connectivity index (χ1) is 9.65. The molecule has 0 spiro atoms. The number of halogens is 1. The normalized spacial score (nSPS) is 11.2. The Kier molecular flexibility index (Phi) is 4.53. The molecule has 0 aliphatic heterocycles. The highest BCUT2D eigenvalue weighted by atomic mass is 19.1. The first kappa shape index (κ1) is 14.3. The van der Waals surface area contributed by atoms with E-state index < -0.39 is 0 Å². The molecule has 0 saturated heterocycles. The van der Waals surface area contributed by atoms with Crippen molar-refractivity contribution in [1.29, 1.82) is 0 Å². The van der Waals surface area contributed by atoms with Crippen molar-refractivity contribution in [2.45, 2.75) is 13.8 Å². The number of aliphatic hydroxyl groups is 1. The smallest absolute Gasteiger partial charge is 0.147 e. The van der Waals surface area contributed by atoms with Gasteiger partial charge < -0.3 is 15.1 Å². The molecule has 0 unspecified atom stereocenters. The van der Waals surface area contributed by atoms with Gasteiger partial charge in [0.2, 0.25) is 0 Å². The van der Waals surface area contributed by atoms with Gasteiger partial charge in [-0.1, -0.05) is 12.1 Å². The van der Waals surface area contributed by atoms with Gasteiger partial charge in [-0.25, -0.2) is 4.39 Å². The van der Waals surface area contributed by atoms with E-state index in [0.29, 0.717) is 12.2 Å². The molecule has 0 bridgehead atoms. The summed E-state index contributed by atoms with van der Waals surface area (Å²) >= 11 is 0. The minimum atomic E-state index is -0.254. The average Bonchev–Trinajstić information content (AvgIpc) is 2.71. The minimum absolute atomic E-state index is 0.0333. The summed E-state index contributed by atoms with van der Waals surface area (Å²) in [6.07, 6.45) is 1.68. The van der Waals surface area contributed by atoms with Gasteiger partial charge >= 0.3 is 0 Å². The van der Waals surface area contributed by atoms with Gasteiger partial charge in [-0.2, -0.15) is 5.10 Å². The van der Waals surface area contributed by atoms with Gasteiger partial charge in [0, 0.05) is 17.0 Å². The lowest BCUT2D eigenvalue weighted by atomic mass is 10.2. The van der Waals surface area contributed by atoms with Gasteiger partial charge in [-0.15, -0.1) is 0 Å². The van der Waals surface area contributed by atoms with Crippen molar-refractivity contribution in [3.63, 3.8) is 0 Å². The van der Waals surface area contributed by atoms with Gasteiger partial charge in [0.15, 0.2) is 0 Å². The van der Waals surface area contributed by atoms with Crippen LogP contribution in [0.25, 0.3) is 5.69 Å². The third kappa shape index (κ3) is 2.88. The zero-order valence-corrected chi connectivity index (χ0v) is 11.6. The Morgan fingerprint density at radius 2 is 2.10 bits per heavy atom. The summed E-state index contributed by atoms with van der Waals surface area (Å²) in [4.78, 5) is 0. The predicted octanol–water partition coefficient (Wildman–Crippen LogP) is 2.15. The summed E-state index contributed by atoms with van der Waals surface area (Å²) < 4.78 is 15.8. The third-order valence-electron chi connectivity index (χ3n) is 3.08. The van der Waals surface area contributed by atoms with Crippen LogP contribution in [0.15, 0.2) is 35.4 Å². The lowest BCUT2D eigenvalue weighted by Gasteiger charge is -2.10. The third-order valence-corrected chi connectivity index (χ3v) is 3.08. The molecule has 0 radical (unpaired) electrons. The summed E-state index contributed by atoms with van der Waals surface area (Å²) in [7, 11) is 0. The molecule has 2 rings (SSSR count). The number of nitrogens with one attached hydrogen (secondary N) is 1. The van der Waals surface area contributed by atoms with Crippen LogP contribution in [0.3, 0.4) is 0 Å². The van der Waals surface area contributed by atoms with Gasteiger partial charge in [0.1, 0.15) is 5.82 Å². The monoisotopic (exact) mass is 275 g/mol. The molecule has 2 aromatic rings. The predicted molar refractivity (Wildman–Crippen MR) is 77.9 cm³/mol. The molecule has 4 nitrogen and oxygen atoms in total. The molecular weight excluding hydrogens is 257 g/mol. The Morgan fingerprint density at radius 3 is 2.80 bits per heavy atom. The van der Waals surface area contributed by atoms with Gasteiger partial charge in [0.05, 0.1) is 25.1 Å². The van der Waals surface area contributed by atoms with E-state index in [4.69, 9.17) is 5.11 Å². The molecular formula is C15H18FN3O. The molecule has 0 saturated carbocycles. The van der Waals surface area contributed by atoms with Gasteiger partial charge in [-0.05, 0) is 32.0 Å². The standard InChI is InChI=1S/C15H18FN3O/c1-11-9-13(10-18-17-7-8-20)12(2)19(11)15-6-4-3-5-14(15)16/h3-6,9-10,17,20H,7-8H2,1-2H3/b18-10+. The van der Waals surface area contributed by atoms with Crippen LogP contribution in [0.4, 0.5) is 4.39 Å². The van der Waals surface area contributed by atoms with Crippen molar-refractivity contribution < 1.29 is 9.50 Å². The quantitative estimate of drug-likeness (QED) is 0.499. The molecule has 1 aromatic carbocycles. The highest BCUT2D eigenvalue weighted by molar-refractivity contribution is 5.82. The van der Waals surface area contributed by atoms with Crippen molar-refractivity contribution in [1.82, 2.24) is 9.99 Å². The van der Waals surface area contributed by atoms with E-state index in [9.17, 15) is 4.39 Å². The number of aliphatic hydroxyl groups excluding tert-OH is 1. The fourth-order valence-electron chi connectivity index (χ4n) is 2.15. The highest BCUT2D eigenvalue weighted by Crippen LogP contribution is 2.21. The van der Waals surface area contributed by atoms with Crippen LogP contribution >= 0.6 is 0 Å². The molecule has 106 valence electrons. The SMILES string of the molecule is Cc1cc(/C=N/NCCO)c(C)n1-c1ccccc1F. The lowest BCUT2D eigenvalue weighted by molar-refractivity contribution is 0.294. The number of hydrazone groups is 1. The van der Waals surface area contributed by atoms with Crippen molar-refractivity contribution in [2.24, 2.45) is 5.10 Å². The van der Waals surface area contributed by atoms with Gasteiger partial charge in [-0.3, -0.25) is 0 Å². The molecule has 2 N–H and O–H groups in total. The molecule has 0 atom stereocenters. The van der Waals surface area contributed by atoms with Crippen LogP contribution in [-0.2, 0) is 0 Å². The van der Waals surface area contributed by atoms with E-state index >= 15 is 0 Å². The molecule has 5 heteroatoms. The van der Waals surface area contributed by atoms with Crippen molar-refractivity contribution in [2.75, 3.05) is 13.2 Å². The second kappa shape index (κ2) is 6.34. The lowest BCUT2D eigenvalue weighted by Crippen LogP contribution is -2.11. The first-order valence-corrected chi connectivity index (χ1v) is 6.45. The maximum atomic E-state index is 13.9. The van der Waals surface area contributed by atoms with Crippen LogP contribution < -0.4 is 5.43 Å². The summed E-state index contributed by atoms with van der Waals surface area (Å²) in [5.41, 5.74) is 6.03. The number of para-hydroxylation sites is 1.